The van der Waals surface area contributed by atoms with Crippen molar-refractivity contribution in [1.82, 2.24) is 0 Å². The Labute approximate surface area is 87.1 Å². The van der Waals surface area contributed by atoms with Crippen molar-refractivity contribution in [3.8, 4) is 0 Å². The molecule has 0 bridgehead atoms. The van der Waals surface area contributed by atoms with Crippen molar-refractivity contribution in [2.24, 2.45) is 0 Å². The van der Waals surface area contributed by atoms with Gasteiger partial charge in [0.25, 0.3) is 0 Å². The van der Waals surface area contributed by atoms with E-state index in [1.165, 1.54) is 13.8 Å². The SMILES string of the molecule is CC(O)C(O)C=C(C(=O)O)C(O)C(C)O. The molecule has 6 heteroatoms. The largest absolute Gasteiger partial charge is 0.478 e. The van der Waals surface area contributed by atoms with Crippen molar-refractivity contribution in [1.29, 1.82) is 0 Å². The van der Waals surface area contributed by atoms with E-state index in [0.717, 1.165) is 6.08 Å². The van der Waals surface area contributed by atoms with Crippen molar-refractivity contribution >= 4 is 5.97 Å². The molecule has 88 valence electrons. The fraction of sp³-hybridized carbons (Fsp3) is 0.667. The predicted molar refractivity (Wildman–Crippen MR) is 51.1 cm³/mol. The molecule has 0 amide bonds. The Morgan fingerprint density at radius 2 is 1.53 bits per heavy atom. The summed E-state index contributed by atoms with van der Waals surface area (Å²) in [6.45, 7) is 2.49. The van der Waals surface area contributed by atoms with E-state index in [4.69, 9.17) is 15.3 Å². The summed E-state index contributed by atoms with van der Waals surface area (Å²) in [5.41, 5.74) is -0.543. The van der Waals surface area contributed by atoms with Crippen LogP contribution in [-0.4, -0.2) is 55.9 Å². The quantitative estimate of drug-likeness (QED) is 0.359. The number of carbonyl (C=O) groups is 1. The second-order valence-electron chi connectivity index (χ2n) is 3.34. The van der Waals surface area contributed by atoms with Crippen LogP contribution in [0.2, 0.25) is 0 Å². The number of rotatable bonds is 5. The summed E-state index contributed by atoms with van der Waals surface area (Å²) < 4.78 is 0. The van der Waals surface area contributed by atoms with Crippen LogP contribution in [0.5, 0.6) is 0 Å². The van der Waals surface area contributed by atoms with Crippen molar-refractivity contribution in [2.75, 3.05) is 0 Å². The molecule has 0 radical (unpaired) electrons. The Morgan fingerprint density at radius 1 is 1.07 bits per heavy atom. The third-order valence-corrected chi connectivity index (χ3v) is 1.87. The zero-order valence-electron chi connectivity index (χ0n) is 8.53. The van der Waals surface area contributed by atoms with Gasteiger partial charge in [-0.25, -0.2) is 4.79 Å². The molecule has 4 unspecified atom stereocenters. The fourth-order valence-corrected chi connectivity index (χ4v) is 0.879. The van der Waals surface area contributed by atoms with Crippen LogP contribution in [0, 0.1) is 0 Å². The summed E-state index contributed by atoms with van der Waals surface area (Å²) in [7, 11) is 0. The molecule has 5 N–H and O–H groups in total. The van der Waals surface area contributed by atoms with Gasteiger partial charge in [0.1, 0.15) is 6.10 Å². The van der Waals surface area contributed by atoms with E-state index >= 15 is 0 Å². The number of hydrogen-bond donors (Lipinski definition) is 5. The van der Waals surface area contributed by atoms with E-state index in [0.29, 0.717) is 0 Å². The first-order valence-electron chi connectivity index (χ1n) is 4.44. The molecule has 0 aromatic heterocycles. The highest BCUT2D eigenvalue weighted by Gasteiger charge is 2.24. The summed E-state index contributed by atoms with van der Waals surface area (Å²) in [6, 6.07) is 0. The van der Waals surface area contributed by atoms with Crippen LogP contribution in [0.3, 0.4) is 0 Å². The maximum Gasteiger partial charge on any atom is 0.334 e. The zero-order valence-corrected chi connectivity index (χ0v) is 8.53. The van der Waals surface area contributed by atoms with Crippen molar-refractivity contribution in [2.45, 2.75) is 38.3 Å². The van der Waals surface area contributed by atoms with Gasteiger partial charge in [0.05, 0.1) is 23.9 Å². The predicted octanol–water partition coefficient (Wildman–Crippen LogP) is -1.52. The van der Waals surface area contributed by atoms with Gasteiger partial charge < -0.3 is 25.5 Å². The fourth-order valence-electron chi connectivity index (χ4n) is 0.879. The van der Waals surface area contributed by atoms with Gasteiger partial charge >= 0.3 is 5.97 Å². The highest BCUT2D eigenvalue weighted by Crippen LogP contribution is 2.10. The maximum absolute atomic E-state index is 10.7. The number of hydrogen-bond acceptors (Lipinski definition) is 5. The van der Waals surface area contributed by atoms with Crippen molar-refractivity contribution in [3.05, 3.63) is 11.6 Å². The van der Waals surface area contributed by atoms with Crippen LogP contribution in [0.4, 0.5) is 0 Å². The average molecular weight is 220 g/mol. The van der Waals surface area contributed by atoms with Crippen LogP contribution < -0.4 is 0 Å². The van der Waals surface area contributed by atoms with Gasteiger partial charge in [-0.05, 0) is 19.9 Å². The third-order valence-electron chi connectivity index (χ3n) is 1.87. The molecule has 0 saturated carbocycles. The van der Waals surface area contributed by atoms with Gasteiger partial charge in [-0.3, -0.25) is 0 Å². The maximum atomic E-state index is 10.7. The second kappa shape index (κ2) is 5.82. The summed E-state index contributed by atoms with van der Waals surface area (Å²) >= 11 is 0. The van der Waals surface area contributed by atoms with Gasteiger partial charge in [-0.1, -0.05) is 0 Å². The van der Waals surface area contributed by atoms with E-state index in [1.807, 2.05) is 0 Å². The van der Waals surface area contributed by atoms with Crippen LogP contribution in [0.1, 0.15) is 13.8 Å². The van der Waals surface area contributed by atoms with E-state index in [1.54, 1.807) is 0 Å². The van der Waals surface area contributed by atoms with Crippen LogP contribution in [0.25, 0.3) is 0 Å². The summed E-state index contributed by atoms with van der Waals surface area (Å²) in [5, 5.41) is 45.1. The summed E-state index contributed by atoms with van der Waals surface area (Å²) in [5.74, 6) is -1.46. The monoisotopic (exact) mass is 220 g/mol. The van der Waals surface area contributed by atoms with Crippen LogP contribution in [-0.2, 0) is 4.79 Å². The third kappa shape index (κ3) is 4.39. The minimum absolute atomic E-state index is 0.543. The second-order valence-corrected chi connectivity index (χ2v) is 3.34. The Kier molecular flexibility index (Phi) is 5.45. The zero-order chi connectivity index (χ0) is 12.2. The lowest BCUT2D eigenvalue weighted by molar-refractivity contribution is -0.134. The number of carboxylic acids is 1. The first-order chi connectivity index (χ1) is 6.77. The average Bonchev–Trinajstić information content (AvgIpc) is 2.11. The molecule has 0 aliphatic rings. The summed E-state index contributed by atoms with van der Waals surface area (Å²) in [6.07, 6.45) is -4.61. The minimum Gasteiger partial charge on any atom is -0.478 e. The molecule has 15 heavy (non-hydrogen) atoms. The van der Waals surface area contributed by atoms with Gasteiger partial charge in [0, 0.05) is 0 Å². The van der Waals surface area contributed by atoms with E-state index in [2.05, 4.69) is 0 Å². The van der Waals surface area contributed by atoms with Gasteiger partial charge in [0.2, 0.25) is 0 Å². The Balaban J connectivity index is 4.89. The number of aliphatic hydroxyl groups is 4. The molecular formula is C9H16O6. The van der Waals surface area contributed by atoms with Crippen molar-refractivity contribution < 1.29 is 30.3 Å². The molecule has 6 nitrogen and oxygen atoms in total. The minimum atomic E-state index is -1.60. The number of aliphatic carboxylic acids is 1. The van der Waals surface area contributed by atoms with E-state index in [-0.39, 0.29) is 0 Å². The number of carboxylic acid groups (broad SMARTS) is 1. The van der Waals surface area contributed by atoms with Crippen LogP contribution >= 0.6 is 0 Å². The molecular weight excluding hydrogens is 204 g/mol. The molecule has 0 rings (SSSR count). The smallest absolute Gasteiger partial charge is 0.334 e. The molecule has 0 saturated heterocycles. The molecule has 0 heterocycles. The normalized spacial score (nSPS) is 20.5. The van der Waals surface area contributed by atoms with E-state index in [9.17, 15) is 15.0 Å². The highest BCUT2D eigenvalue weighted by molar-refractivity contribution is 5.87. The van der Waals surface area contributed by atoms with Gasteiger partial charge in [-0.2, -0.15) is 0 Å². The molecule has 0 aliphatic carbocycles. The standard InChI is InChI=1S/C9H16O6/c1-4(10)7(12)3-6(9(14)15)8(13)5(2)11/h3-5,7-8,10-13H,1-2H3,(H,14,15). The van der Waals surface area contributed by atoms with Crippen molar-refractivity contribution in [3.63, 3.8) is 0 Å². The lowest BCUT2D eigenvalue weighted by atomic mass is 10.0. The lowest BCUT2D eigenvalue weighted by Gasteiger charge is -2.16. The Morgan fingerprint density at radius 3 is 1.80 bits per heavy atom. The first-order valence-corrected chi connectivity index (χ1v) is 4.44. The Bertz CT molecular complexity index is 245. The molecule has 0 aromatic carbocycles. The molecule has 0 spiro atoms. The van der Waals surface area contributed by atoms with E-state index < -0.39 is 36.0 Å². The van der Waals surface area contributed by atoms with Gasteiger partial charge in [-0.15, -0.1) is 0 Å². The molecule has 4 atom stereocenters. The lowest BCUT2D eigenvalue weighted by Crippen LogP contribution is -2.31. The molecule has 0 fully saturated rings. The first kappa shape index (κ1) is 14.1. The highest BCUT2D eigenvalue weighted by atomic mass is 16.4. The van der Waals surface area contributed by atoms with Gasteiger partial charge in [0.15, 0.2) is 0 Å². The number of aliphatic hydroxyl groups excluding tert-OH is 4. The summed E-state index contributed by atoms with van der Waals surface area (Å²) in [4.78, 5) is 10.7. The van der Waals surface area contributed by atoms with Crippen LogP contribution in [0.15, 0.2) is 11.6 Å². The Hall–Kier alpha value is -0.950. The molecule has 0 aromatic rings. The topological polar surface area (TPSA) is 118 Å². The molecule has 0 aliphatic heterocycles.